The van der Waals surface area contributed by atoms with E-state index in [9.17, 15) is 9.59 Å². The van der Waals surface area contributed by atoms with E-state index < -0.39 is 0 Å². The summed E-state index contributed by atoms with van der Waals surface area (Å²) >= 11 is 3.46. The van der Waals surface area contributed by atoms with Crippen molar-refractivity contribution in [1.29, 1.82) is 0 Å². The van der Waals surface area contributed by atoms with Crippen LogP contribution in [0.2, 0.25) is 0 Å². The molecule has 0 unspecified atom stereocenters. The number of fused-ring (bicyclic) bond motifs is 1. The lowest BCUT2D eigenvalue weighted by molar-refractivity contribution is 0.0754. The van der Waals surface area contributed by atoms with Crippen LogP contribution in [0.25, 0.3) is 11.0 Å². The summed E-state index contributed by atoms with van der Waals surface area (Å²) in [6, 6.07) is 15.8. The summed E-state index contributed by atoms with van der Waals surface area (Å²) in [4.78, 5) is 26.2. The fourth-order valence-corrected chi connectivity index (χ4v) is 2.76. The van der Waals surface area contributed by atoms with Crippen molar-refractivity contribution in [3.63, 3.8) is 0 Å². The molecule has 3 aromatic rings. The average molecular weight is 372 g/mol. The molecular formula is C18H14BrNO3. The van der Waals surface area contributed by atoms with Crippen LogP contribution in [0, 0.1) is 0 Å². The lowest BCUT2D eigenvalue weighted by Crippen LogP contribution is -2.27. The van der Waals surface area contributed by atoms with E-state index in [1.54, 1.807) is 31.3 Å². The van der Waals surface area contributed by atoms with Gasteiger partial charge in [-0.1, -0.05) is 46.3 Å². The molecule has 0 bridgehead atoms. The predicted octanol–water partition coefficient (Wildman–Crippen LogP) is 3.83. The molecule has 1 aromatic heterocycles. The molecular weight excluding hydrogens is 358 g/mol. The van der Waals surface area contributed by atoms with Crippen molar-refractivity contribution >= 4 is 32.8 Å². The predicted molar refractivity (Wildman–Crippen MR) is 92.4 cm³/mol. The highest BCUT2D eigenvalue weighted by Gasteiger charge is 2.17. The van der Waals surface area contributed by atoms with Gasteiger partial charge in [0.05, 0.1) is 5.39 Å². The summed E-state index contributed by atoms with van der Waals surface area (Å²) in [7, 11) is 1.68. The smallest absolute Gasteiger partial charge is 0.289 e. The van der Waals surface area contributed by atoms with Crippen molar-refractivity contribution < 1.29 is 9.21 Å². The molecule has 0 aliphatic heterocycles. The summed E-state index contributed by atoms with van der Waals surface area (Å²) < 4.78 is 6.52. The van der Waals surface area contributed by atoms with Gasteiger partial charge in [0, 0.05) is 24.1 Å². The second kappa shape index (κ2) is 6.38. The Balaban J connectivity index is 1.91. The number of carbonyl (C=O) groups is 1. The molecule has 0 aliphatic rings. The van der Waals surface area contributed by atoms with E-state index in [0.29, 0.717) is 17.5 Å². The molecule has 1 heterocycles. The Morgan fingerprint density at radius 3 is 2.61 bits per heavy atom. The van der Waals surface area contributed by atoms with Crippen molar-refractivity contribution in [3.05, 3.63) is 80.6 Å². The van der Waals surface area contributed by atoms with Gasteiger partial charge in [0.2, 0.25) is 0 Å². The Hall–Kier alpha value is -2.40. The maximum absolute atomic E-state index is 12.5. The number of amides is 1. The third-order valence-corrected chi connectivity index (χ3v) is 4.33. The topological polar surface area (TPSA) is 50.5 Å². The summed E-state index contributed by atoms with van der Waals surface area (Å²) in [6.07, 6.45) is 0. The Labute approximate surface area is 141 Å². The van der Waals surface area contributed by atoms with Gasteiger partial charge in [-0.2, -0.15) is 0 Å². The molecule has 0 radical (unpaired) electrons. The van der Waals surface area contributed by atoms with E-state index in [1.165, 1.54) is 11.0 Å². The van der Waals surface area contributed by atoms with Crippen LogP contribution >= 0.6 is 15.9 Å². The van der Waals surface area contributed by atoms with Crippen LogP contribution < -0.4 is 5.43 Å². The second-order valence-electron chi connectivity index (χ2n) is 5.22. The van der Waals surface area contributed by atoms with Crippen LogP contribution in [-0.4, -0.2) is 17.9 Å². The van der Waals surface area contributed by atoms with E-state index in [4.69, 9.17) is 4.42 Å². The first-order valence-electron chi connectivity index (χ1n) is 7.08. The summed E-state index contributed by atoms with van der Waals surface area (Å²) in [5, 5.41) is 0.470. The monoisotopic (exact) mass is 371 g/mol. The summed E-state index contributed by atoms with van der Waals surface area (Å²) in [5.74, 6) is -0.285. The number of carbonyl (C=O) groups excluding carboxylic acids is 1. The highest BCUT2D eigenvalue weighted by atomic mass is 79.9. The molecule has 0 aliphatic carbocycles. The van der Waals surface area contributed by atoms with Gasteiger partial charge in [0.1, 0.15) is 5.58 Å². The molecule has 0 saturated carbocycles. The lowest BCUT2D eigenvalue weighted by Gasteiger charge is -2.17. The van der Waals surface area contributed by atoms with Gasteiger partial charge < -0.3 is 9.32 Å². The van der Waals surface area contributed by atoms with Crippen molar-refractivity contribution in [2.75, 3.05) is 7.05 Å². The molecule has 4 nitrogen and oxygen atoms in total. The molecule has 0 saturated heterocycles. The van der Waals surface area contributed by atoms with Crippen LogP contribution in [-0.2, 0) is 6.54 Å². The van der Waals surface area contributed by atoms with E-state index in [2.05, 4.69) is 15.9 Å². The Kier molecular flexibility index (Phi) is 4.30. The second-order valence-corrected chi connectivity index (χ2v) is 6.08. The summed E-state index contributed by atoms with van der Waals surface area (Å²) in [5.41, 5.74) is 1.17. The molecule has 0 spiro atoms. The zero-order valence-electron chi connectivity index (χ0n) is 12.5. The van der Waals surface area contributed by atoms with Crippen molar-refractivity contribution in [3.8, 4) is 0 Å². The number of hydrogen-bond acceptors (Lipinski definition) is 3. The zero-order chi connectivity index (χ0) is 16.4. The highest BCUT2D eigenvalue weighted by molar-refractivity contribution is 9.10. The van der Waals surface area contributed by atoms with Crippen molar-refractivity contribution in [2.45, 2.75) is 6.54 Å². The van der Waals surface area contributed by atoms with Crippen molar-refractivity contribution in [2.24, 2.45) is 0 Å². The number of para-hydroxylation sites is 1. The zero-order valence-corrected chi connectivity index (χ0v) is 14.0. The minimum absolute atomic E-state index is 0.0447. The minimum atomic E-state index is -0.330. The van der Waals surface area contributed by atoms with Gasteiger partial charge in [-0.05, 0) is 23.8 Å². The van der Waals surface area contributed by atoms with Gasteiger partial charge in [-0.3, -0.25) is 9.59 Å². The third kappa shape index (κ3) is 3.19. The number of halogens is 1. The highest BCUT2D eigenvalue weighted by Crippen LogP contribution is 2.19. The number of rotatable bonds is 3. The van der Waals surface area contributed by atoms with Gasteiger partial charge in [-0.15, -0.1) is 0 Å². The molecule has 5 heteroatoms. The molecule has 3 rings (SSSR count). The van der Waals surface area contributed by atoms with Crippen LogP contribution in [0.15, 0.2) is 68.3 Å². The molecule has 0 N–H and O–H groups in total. The first kappa shape index (κ1) is 15.5. The lowest BCUT2D eigenvalue weighted by atomic mass is 10.2. The third-order valence-electron chi connectivity index (χ3n) is 3.56. The fraction of sp³-hybridized carbons (Fsp3) is 0.111. The Bertz CT molecular complexity index is 933. The van der Waals surface area contributed by atoms with E-state index in [1.807, 2.05) is 24.3 Å². The van der Waals surface area contributed by atoms with Crippen LogP contribution in [0.1, 0.15) is 16.1 Å². The quantitative estimate of drug-likeness (QED) is 0.702. The normalized spacial score (nSPS) is 10.7. The number of hydrogen-bond donors (Lipinski definition) is 0. The van der Waals surface area contributed by atoms with E-state index in [0.717, 1.165) is 10.0 Å². The van der Waals surface area contributed by atoms with Gasteiger partial charge in [0.15, 0.2) is 11.2 Å². The van der Waals surface area contributed by atoms with Gasteiger partial charge in [-0.25, -0.2) is 0 Å². The Morgan fingerprint density at radius 1 is 1.13 bits per heavy atom. The molecule has 116 valence electrons. The molecule has 0 atom stereocenters. The fourth-order valence-electron chi connectivity index (χ4n) is 2.35. The van der Waals surface area contributed by atoms with Crippen LogP contribution in [0.4, 0.5) is 0 Å². The standard InChI is InChI=1S/C18H14BrNO3/c1-20(11-12-6-2-4-8-14(12)19)18(22)17-10-15(21)13-7-3-5-9-16(13)23-17/h2-10H,11H2,1H3. The van der Waals surface area contributed by atoms with Gasteiger partial charge in [0.25, 0.3) is 5.91 Å². The maximum atomic E-state index is 12.5. The maximum Gasteiger partial charge on any atom is 0.289 e. The average Bonchev–Trinajstić information content (AvgIpc) is 2.56. The number of nitrogens with zero attached hydrogens (tertiary/aromatic N) is 1. The van der Waals surface area contributed by atoms with Crippen molar-refractivity contribution in [1.82, 2.24) is 4.90 Å². The van der Waals surface area contributed by atoms with Crippen LogP contribution in [0.3, 0.4) is 0 Å². The number of benzene rings is 2. The SMILES string of the molecule is CN(Cc1ccccc1Br)C(=O)c1cc(=O)c2ccccc2o1. The van der Waals surface area contributed by atoms with E-state index >= 15 is 0 Å². The largest absolute Gasteiger partial charge is 0.451 e. The molecule has 2 aromatic carbocycles. The Morgan fingerprint density at radius 2 is 1.83 bits per heavy atom. The minimum Gasteiger partial charge on any atom is -0.451 e. The summed E-state index contributed by atoms with van der Waals surface area (Å²) in [6.45, 7) is 0.413. The molecule has 1 amide bonds. The van der Waals surface area contributed by atoms with Gasteiger partial charge >= 0.3 is 0 Å². The first-order valence-corrected chi connectivity index (χ1v) is 7.87. The first-order chi connectivity index (χ1) is 11.1. The molecule has 0 fully saturated rings. The van der Waals surface area contributed by atoms with E-state index in [-0.39, 0.29) is 17.1 Å². The van der Waals surface area contributed by atoms with Crippen LogP contribution in [0.5, 0.6) is 0 Å². The molecule has 23 heavy (non-hydrogen) atoms.